The molecule has 3 rings (SSSR count). The molecule has 3 heterocycles. The van der Waals surface area contributed by atoms with E-state index in [-0.39, 0.29) is 16.6 Å². The highest BCUT2D eigenvalue weighted by Gasteiger charge is 2.21. The number of likely N-dealkylation sites (tertiary alicyclic amines) is 1. The molecule has 1 amide bonds. The lowest BCUT2D eigenvalue weighted by molar-refractivity contribution is 0.0946. The first-order chi connectivity index (χ1) is 13.2. The van der Waals surface area contributed by atoms with Crippen LogP contribution in [-0.2, 0) is 21.1 Å². The summed E-state index contributed by atoms with van der Waals surface area (Å²) in [6, 6.07) is 1.16. The molecule has 9 nitrogen and oxygen atoms in total. The summed E-state index contributed by atoms with van der Waals surface area (Å²) < 4.78 is 3.37. The van der Waals surface area contributed by atoms with Crippen LogP contribution >= 0.6 is 0 Å². The van der Waals surface area contributed by atoms with Gasteiger partial charge in [-0.05, 0) is 31.8 Å². The summed E-state index contributed by atoms with van der Waals surface area (Å²) in [6.07, 6.45) is 2.30. The molecule has 9 heteroatoms. The van der Waals surface area contributed by atoms with Gasteiger partial charge in [0.25, 0.3) is 17.0 Å². The van der Waals surface area contributed by atoms with Gasteiger partial charge in [0, 0.05) is 40.3 Å². The fourth-order valence-corrected chi connectivity index (χ4v) is 3.75. The minimum Gasteiger partial charge on any atom is -0.351 e. The van der Waals surface area contributed by atoms with Gasteiger partial charge in [-0.3, -0.25) is 28.1 Å². The van der Waals surface area contributed by atoms with Gasteiger partial charge in [-0.1, -0.05) is 6.92 Å². The monoisotopic (exact) mass is 389 g/mol. The second-order valence-electron chi connectivity index (χ2n) is 7.64. The van der Waals surface area contributed by atoms with E-state index in [4.69, 9.17) is 0 Å². The number of nitrogens with zero attached hydrogens (tertiary/aromatic N) is 4. The third-order valence-electron chi connectivity index (χ3n) is 5.65. The van der Waals surface area contributed by atoms with E-state index in [0.717, 1.165) is 49.0 Å². The topological polar surface area (TPSA) is 98.3 Å². The number of pyridine rings is 1. The molecule has 1 aliphatic heterocycles. The predicted molar refractivity (Wildman–Crippen MR) is 107 cm³/mol. The lowest BCUT2D eigenvalue weighted by atomic mass is 9.99. The molecule has 152 valence electrons. The number of piperidine rings is 1. The Morgan fingerprint density at radius 2 is 1.71 bits per heavy atom. The summed E-state index contributed by atoms with van der Waals surface area (Å²) in [4.78, 5) is 52.3. The lowest BCUT2D eigenvalue weighted by Gasteiger charge is -2.30. The number of hydrogen-bond acceptors (Lipinski definition) is 5. The molecule has 28 heavy (non-hydrogen) atoms. The molecule has 1 N–H and O–H groups in total. The zero-order valence-electron chi connectivity index (χ0n) is 16.8. The Labute approximate surface area is 162 Å². The molecule has 0 bridgehead atoms. The normalized spacial score (nSPS) is 15.9. The number of rotatable bonds is 4. The van der Waals surface area contributed by atoms with E-state index in [9.17, 15) is 19.2 Å². The molecular weight excluding hydrogens is 362 g/mol. The van der Waals surface area contributed by atoms with Crippen molar-refractivity contribution >= 4 is 16.9 Å². The smallest absolute Gasteiger partial charge is 0.332 e. The van der Waals surface area contributed by atoms with Gasteiger partial charge in [0.2, 0.25) is 0 Å². The summed E-state index contributed by atoms with van der Waals surface area (Å²) in [6.45, 7) is 5.41. The number of hydrogen-bond donors (Lipinski definition) is 1. The summed E-state index contributed by atoms with van der Waals surface area (Å²) in [5, 5.41) is 2.88. The third kappa shape index (κ3) is 3.54. The van der Waals surface area contributed by atoms with Crippen LogP contribution in [-0.4, -0.2) is 50.7 Å². The van der Waals surface area contributed by atoms with E-state index in [1.165, 1.54) is 30.3 Å². The van der Waals surface area contributed by atoms with Gasteiger partial charge in [-0.2, -0.15) is 0 Å². The highest BCUT2D eigenvalue weighted by atomic mass is 16.2. The molecule has 0 aliphatic carbocycles. The molecule has 0 atom stereocenters. The van der Waals surface area contributed by atoms with Crippen molar-refractivity contribution in [3.05, 3.63) is 42.8 Å². The summed E-state index contributed by atoms with van der Waals surface area (Å²) in [7, 11) is 4.30. The SMILES string of the molecule is CC1CCN(CCNC(=O)c2cc(=O)n(C)c3c2c(=O)n(C)c(=O)n3C)CC1. The molecule has 0 unspecified atom stereocenters. The molecule has 0 spiro atoms. The third-order valence-corrected chi connectivity index (χ3v) is 5.65. The quantitative estimate of drug-likeness (QED) is 0.753. The van der Waals surface area contributed by atoms with Gasteiger partial charge in [0.1, 0.15) is 5.65 Å². The molecular formula is C19H27N5O4. The van der Waals surface area contributed by atoms with Crippen LogP contribution in [0.4, 0.5) is 0 Å². The van der Waals surface area contributed by atoms with E-state index >= 15 is 0 Å². The van der Waals surface area contributed by atoms with Crippen molar-refractivity contribution in [2.45, 2.75) is 19.8 Å². The Morgan fingerprint density at radius 1 is 1.07 bits per heavy atom. The first-order valence-corrected chi connectivity index (χ1v) is 9.52. The maximum absolute atomic E-state index is 12.8. The van der Waals surface area contributed by atoms with Gasteiger partial charge in [-0.15, -0.1) is 0 Å². The molecule has 1 fully saturated rings. The van der Waals surface area contributed by atoms with E-state index in [1.807, 2.05) is 0 Å². The second-order valence-corrected chi connectivity index (χ2v) is 7.64. The van der Waals surface area contributed by atoms with Crippen molar-refractivity contribution in [1.29, 1.82) is 0 Å². The van der Waals surface area contributed by atoms with Crippen LogP contribution in [0.2, 0.25) is 0 Å². The molecule has 1 aliphatic rings. The van der Waals surface area contributed by atoms with Crippen molar-refractivity contribution in [1.82, 2.24) is 23.9 Å². The fraction of sp³-hybridized carbons (Fsp3) is 0.579. The predicted octanol–water partition coefficient (Wildman–Crippen LogP) is -0.602. The van der Waals surface area contributed by atoms with Crippen molar-refractivity contribution in [3.8, 4) is 0 Å². The average Bonchev–Trinajstić information content (AvgIpc) is 2.67. The summed E-state index contributed by atoms with van der Waals surface area (Å²) in [5.74, 6) is 0.254. The summed E-state index contributed by atoms with van der Waals surface area (Å²) >= 11 is 0. The largest absolute Gasteiger partial charge is 0.351 e. The van der Waals surface area contributed by atoms with E-state index in [0.29, 0.717) is 6.54 Å². The van der Waals surface area contributed by atoms with Crippen LogP contribution in [0.3, 0.4) is 0 Å². The van der Waals surface area contributed by atoms with Gasteiger partial charge in [0.15, 0.2) is 0 Å². The van der Waals surface area contributed by atoms with Gasteiger partial charge in [0.05, 0.1) is 10.9 Å². The molecule has 0 saturated carbocycles. The number of aryl methyl sites for hydroxylation is 2. The number of aromatic nitrogens is 3. The van der Waals surface area contributed by atoms with Crippen LogP contribution in [0.15, 0.2) is 20.4 Å². The van der Waals surface area contributed by atoms with E-state index in [2.05, 4.69) is 17.1 Å². The van der Waals surface area contributed by atoms with Crippen molar-refractivity contribution in [2.24, 2.45) is 27.1 Å². The number of carbonyl (C=O) groups excluding carboxylic acids is 1. The van der Waals surface area contributed by atoms with Crippen LogP contribution in [0.25, 0.3) is 11.0 Å². The van der Waals surface area contributed by atoms with Crippen LogP contribution in [0, 0.1) is 5.92 Å². The zero-order valence-corrected chi connectivity index (χ0v) is 16.8. The van der Waals surface area contributed by atoms with Gasteiger partial charge in [-0.25, -0.2) is 4.79 Å². The number of fused-ring (bicyclic) bond motifs is 1. The molecule has 2 aromatic rings. The first kappa shape index (κ1) is 20.1. The maximum atomic E-state index is 12.8. The van der Waals surface area contributed by atoms with Gasteiger partial charge >= 0.3 is 5.69 Å². The highest BCUT2D eigenvalue weighted by molar-refractivity contribution is 6.05. The molecule has 0 aromatic carbocycles. The van der Waals surface area contributed by atoms with Crippen LogP contribution in [0.5, 0.6) is 0 Å². The Kier molecular flexibility index (Phi) is 5.55. The highest BCUT2D eigenvalue weighted by Crippen LogP contribution is 2.15. The van der Waals surface area contributed by atoms with Gasteiger partial charge < -0.3 is 10.2 Å². The van der Waals surface area contributed by atoms with Crippen LogP contribution in [0.1, 0.15) is 30.1 Å². The van der Waals surface area contributed by atoms with Crippen LogP contribution < -0.4 is 22.1 Å². The zero-order chi connectivity index (χ0) is 20.6. The number of nitrogens with one attached hydrogen (secondary N) is 1. The Bertz CT molecular complexity index is 1090. The minimum atomic E-state index is -0.594. The lowest BCUT2D eigenvalue weighted by Crippen LogP contribution is -2.42. The standard InChI is InChI=1S/C19H27N5O4/c1-12-5-8-24(9-6-12)10-7-20-16(26)13-11-14(25)21(2)17-15(13)18(27)23(4)19(28)22(17)3/h11-12H,5-10H2,1-4H3,(H,20,26). The maximum Gasteiger partial charge on any atom is 0.332 e. The number of amides is 1. The van der Waals surface area contributed by atoms with Crippen molar-refractivity contribution in [2.75, 3.05) is 26.2 Å². The Morgan fingerprint density at radius 3 is 2.36 bits per heavy atom. The Hall–Kier alpha value is -2.68. The van der Waals surface area contributed by atoms with Crippen molar-refractivity contribution in [3.63, 3.8) is 0 Å². The molecule has 0 radical (unpaired) electrons. The fourth-order valence-electron chi connectivity index (χ4n) is 3.75. The molecule has 1 saturated heterocycles. The summed E-state index contributed by atoms with van der Waals surface area (Å²) in [5.41, 5.74) is -1.46. The minimum absolute atomic E-state index is 0.00145. The average molecular weight is 389 g/mol. The second kappa shape index (κ2) is 7.75. The first-order valence-electron chi connectivity index (χ1n) is 9.52. The van der Waals surface area contributed by atoms with E-state index in [1.54, 1.807) is 0 Å². The Balaban J connectivity index is 1.91. The van der Waals surface area contributed by atoms with E-state index < -0.39 is 22.7 Å². The molecule has 2 aromatic heterocycles. The number of carbonyl (C=O) groups is 1. The van der Waals surface area contributed by atoms with Crippen molar-refractivity contribution < 1.29 is 4.79 Å².